The molecule has 0 bridgehead atoms. The molecule has 4 aromatic rings. The highest BCUT2D eigenvalue weighted by atomic mass is 32.2. The lowest BCUT2D eigenvalue weighted by Gasteiger charge is -2.33. The molecular formula is C21H21N7O3S. The van der Waals surface area contributed by atoms with Crippen molar-refractivity contribution in [1.29, 1.82) is 0 Å². The minimum absolute atomic E-state index is 0.168. The van der Waals surface area contributed by atoms with Gasteiger partial charge >= 0.3 is 0 Å². The number of rotatable bonds is 4. The van der Waals surface area contributed by atoms with Crippen LogP contribution in [0.4, 0.5) is 0 Å². The van der Waals surface area contributed by atoms with Crippen molar-refractivity contribution in [2.45, 2.75) is 11.8 Å². The van der Waals surface area contributed by atoms with Crippen LogP contribution in [0.5, 0.6) is 0 Å². The van der Waals surface area contributed by atoms with Crippen LogP contribution in [0.15, 0.2) is 60.0 Å². The molecule has 0 aromatic carbocycles. The monoisotopic (exact) mass is 451 g/mol. The third-order valence-electron chi connectivity index (χ3n) is 5.66. The van der Waals surface area contributed by atoms with Crippen LogP contribution in [0.3, 0.4) is 0 Å². The predicted molar refractivity (Wildman–Crippen MR) is 117 cm³/mol. The van der Waals surface area contributed by atoms with Gasteiger partial charge in [0, 0.05) is 50.2 Å². The number of carbonyl (C=O) groups excluding carboxylic acids is 1. The number of nitrogens with zero attached hydrogens (tertiary/aromatic N) is 6. The van der Waals surface area contributed by atoms with Gasteiger partial charge in [-0.2, -0.15) is 9.40 Å². The van der Waals surface area contributed by atoms with Gasteiger partial charge in [0.2, 0.25) is 10.0 Å². The van der Waals surface area contributed by atoms with E-state index in [1.54, 1.807) is 34.1 Å². The average molecular weight is 452 g/mol. The van der Waals surface area contributed by atoms with E-state index in [9.17, 15) is 13.2 Å². The predicted octanol–water partition coefficient (Wildman–Crippen LogP) is 1.60. The summed E-state index contributed by atoms with van der Waals surface area (Å²) in [5.74, 6) is 0.464. The van der Waals surface area contributed by atoms with Gasteiger partial charge in [-0.05, 0) is 31.2 Å². The molecule has 5 rings (SSSR count). The zero-order chi connectivity index (χ0) is 22.3. The highest BCUT2D eigenvalue weighted by molar-refractivity contribution is 7.89. The molecule has 1 N–H and O–H groups in total. The zero-order valence-corrected chi connectivity index (χ0v) is 18.2. The van der Waals surface area contributed by atoms with Gasteiger partial charge in [0.05, 0.1) is 17.5 Å². The summed E-state index contributed by atoms with van der Waals surface area (Å²) >= 11 is 0. The summed E-state index contributed by atoms with van der Waals surface area (Å²) in [5.41, 5.74) is 1.70. The Balaban J connectivity index is 1.32. The van der Waals surface area contributed by atoms with Crippen molar-refractivity contribution in [2.75, 3.05) is 26.2 Å². The Morgan fingerprint density at radius 2 is 1.81 bits per heavy atom. The number of carbonyl (C=O) groups is 1. The van der Waals surface area contributed by atoms with Crippen molar-refractivity contribution in [3.8, 4) is 5.82 Å². The Kier molecular flexibility index (Phi) is 4.98. The van der Waals surface area contributed by atoms with Gasteiger partial charge in [-0.1, -0.05) is 6.07 Å². The number of hydrogen-bond donors (Lipinski definition) is 1. The molecule has 11 heteroatoms. The lowest BCUT2D eigenvalue weighted by Crippen LogP contribution is -2.50. The maximum absolute atomic E-state index is 13.2. The molecule has 0 aliphatic carbocycles. The molecule has 1 saturated heterocycles. The molecule has 0 unspecified atom stereocenters. The number of pyridine rings is 2. The molecule has 4 aromatic heterocycles. The van der Waals surface area contributed by atoms with E-state index in [1.807, 2.05) is 25.1 Å². The van der Waals surface area contributed by atoms with Gasteiger partial charge in [0.25, 0.3) is 5.91 Å². The first kappa shape index (κ1) is 20.3. The summed E-state index contributed by atoms with van der Waals surface area (Å²) < 4.78 is 29.4. The number of amides is 1. The second-order valence-electron chi connectivity index (χ2n) is 7.49. The molecular weight excluding hydrogens is 430 g/mol. The van der Waals surface area contributed by atoms with E-state index in [-0.39, 0.29) is 23.9 Å². The molecule has 32 heavy (non-hydrogen) atoms. The largest absolute Gasteiger partial charge is 0.345 e. The van der Waals surface area contributed by atoms with Crippen molar-refractivity contribution in [3.63, 3.8) is 0 Å². The molecule has 10 nitrogen and oxygen atoms in total. The maximum atomic E-state index is 13.2. The molecule has 1 aliphatic rings. The van der Waals surface area contributed by atoms with Crippen molar-refractivity contribution >= 4 is 27.0 Å². The summed E-state index contributed by atoms with van der Waals surface area (Å²) in [7, 11) is -3.70. The SMILES string of the molecule is Cc1c(C(=O)N2CCN(S(=O)(=O)c3c[nH]c4ncccc34)CC2)cnn1-c1ccccn1. The Hall–Kier alpha value is -3.57. The summed E-state index contributed by atoms with van der Waals surface area (Å²) in [6.07, 6.45) is 6.28. The molecule has 1 amide bonds. The van der Waals surface area contributed by atoms with Crippen LogP contribution in [0.25, 0.3) is 16.9 Å². The standard InChI is InChI=1S/C21H21N7O3S/c1-15-17(13-25-28(15)19-6-2-3-7-22-19)21(29)26-9-11-27(12-10-26)32(30,31)18-14-24-20-16(18)5-4-8-23-20/h2-8,13-14H,9-12H2,1H3,(H,23,24). The third kappa shape index (κ3) is 3.35. The topological polar surface area (TPSA) is 117 Å². The second-order valence-corrected chi connectivity index (χ2v) is 9.40. The first-order chi connectivity index (χ1) is 15.5. The number of fused-ring (bicyclic) bond motifs is 1. The average Bonchev–Trinajstić information content (AvgIpc) is 3.43. The third-order valence-corrected chi connectivity index (χ3v) is 7.60. The van der Waals surface area contributed by atoms with Gasteiger partial charge < -0.3 is 9.88 Å². The first-order valence-electron chi connectivity index (χ1n) is 10.1. The number of piperazine rings is 1. The number of nitrogens with one attached hydrogen (secondary N) is 1. The highest BCUT2D eigenvalue weighted by Crippen LogP contribution is 2.25. The van der Waals surface area contributed by atoms with Crippen molar-refractivity contribution in [1.82, 2.24) is 33.9 Å². The van der Waals surface area contributed by atoms with Crippen LogP contribution in [-0.2, 0) is 10.0 Å². The molecule has 5 heterocycles. The summed E-state index contributed by atoms with van der Waals surface area (Å²) in [6, 6.07) is 8.92. The van der Waals surface area contributed by atoms with E-state index in [4.69, 9.17) is 0 Å². The summed E-state index contributed by atoms with van der Waals surface area (Å²) in [4.78, 5) is 26.3. The van der Waals surface area contributed by atoms with Crippen LogP contribution in [0.1, 0.15) is 16.1 Å². The first-order valence-corrected chi connectivity index (χ1v) is 11.6. The van der Waals surface area contributed by atoms with E-state index < -0.39 is 10.0 Å². The molecule has 0 saturated carbocycles. The van der Waals surface area contributed by atoms with Crippen LogP contribution in [0, 0.1) is 6.92 Å². The normalized spacial score (nSPS) is 15.3. The van der Waals surface area contributed by atoms with Gasteiger partial charge in [0.1, 0.15) is 10.5 Å². The van der Waals surface area contributed by atoms with Gasteiger partial charge in [0.15, 0.2) is 5.82 Å². The Labute approximate surface area is 184 Å². The fraction of sp³-hybridized carbons (Fsp3) is 0.238. The Bertz CT molecular complexity index is 1390. The van der Waals surface area contributed by atoms with Crippen molar-refractivity contribution in [3.05, 3.63) is 66.4 Å². The van der Waals surface area contributed by atoms with E-state index >= 15 is 0 Å². The fourth-order valence-electron chi connectivity index (χ4n) is 3.91. The van der Waals surface area contributed by atoms with Crippen molar-refractivity contribution in [2.24, 2.45) is 0 Å². The smallest absolute Gasteiger partial charge is 0.257 e. The minimum atomic E-state index is -3.70. The fourth-order valence-corrected chi connectivity index (χ4v) is 5.49. The summed E-state index contributed by atoms with van der Waals surface area (Å²) in [6.45, 7) is 2.85. The number of aromatic amines is 1. The number of aromatic nitrogens is 5. The molecule has 0 atom stereocenters. The van der Waals surface area contributed by atoms with Gasteiger partial charge in [-0.15, -0.1) is 0 Å². The van der Waals surface area contributed by atoms with Gasteiger partial charge in [-0.25, -0.2) is 23.1 Å². The number of sulfonamides is 1. The number of H-pyrrole nitrogens is 1. The second kappa shape index (κ2) is 7.84. The molecule has 0 radical (unpaired) electrons. The Morgan fingerprint density at radius 1 is 1.03 bits per heavy atom. The van der Waals surface area contributed by atoms with E-state index in [0.717, 1.165) is 0 Å². The van der Waals surface area contributed by atoms with E-state index in [0.29, 0.717) is 41.2 Å². The van der Waals surface area contributed by atoms with Crippen LogP contribution in [-0.4, -0.2) is 74.4 Å². The van der Waals surface area contributed by atoms with Crippen LogP contribution < -0.4 is 0 Å². The van der Waals surface area contributed by atoms with Gasteiger partial charge in [-0.3, -0.25) is 4.79 Å². The molecule has 1 fully saturated rings. The molecule has 164 valence electrons. The lowest BCUT2D eigenvalue weighted by molar-refractivity contribution is 0.0697. The maximum Gasteiger partial charge on any atom is 0.257 e. The molecule has 0 spiro atoms. The quantitative estimate of drug-likeness (QED) is 0.504. The highest BCUT2D eigenvalue weighted by Gasteiger charge is 2.33. The molecule has 1 aliphatic heterocycles. The Morgan fingerprint density at radius 3 is 2.56 bits per heavy atom. The van der Waals surface area contributed by atoms with Crippen LogP contribution in [0.2, 0.25) is 0 Å². The summed E-state index contributed by atoms with van der Waals surface area (Å²) in [5, 5.41) is 4.87. The lowest BCUT2D eigenvalue weighted by atomic mass is 10.2. The van der Waals surface area contributed by atoms with E-state index in [1.165, 1.54) is 16.7 Å². The zero-order valence-electron chi connectivity index (χ0n) is 17.3. The van der Waals surface area contributed by atoms with E-state index in [2.05, 4.69) is 20.1 Å². The van der Waals surface area contributed by atoms with Crippen LogP contribution >= 0.6 is 0 Å². The van der Waals surface area contributed by atoms with Crippen molar-refractivity contribution < 1.29 is 13.2 Å². The number of hydrogen-bond acceptors (Lipinski definition) is 6. The minimum Gasteiger partial charge on any atom is -0.345 e.